The summed E-state index contributed by atoms with van der Waals surface area (Å²) in [4.78, 5) is 13.8. The second-order valence-corrected chi connectivity index (χ2v) is 4.32. The highest BCUT2D eigenvalue weighted by Crippen LogP contribution is 2.20. The highest BCUT2D eigenvalue weighted by atomic mass is 16.3. The molecule has 1 amide bonds. The summed E-state index contributed by atoms with van der Waals surface area (Å²) in [6.45, 7) is 6.13. The first-order valence-corrected chi connectivity index (χ1v) is 5.16. The molecular weight excluding hydrogens is 192 g/mol. The third-order valence-corrected chi connectivity index (χ3v) is 2.94. The Morgan fingerprint density at radius 1 is 1.60 bits per heavy atom. The number of furan rings is 1. The average molecular weight is 208 g/mol. The molecule has 0 unspecified atom stereocenters. The van der Waals surface area contributed by atoms with Gasteiger partial charge < -0.3 is 9.73 Å². The highest BCUT2D eigenvalue weighted by Gasteiger charge is 2.37. The van der Waals surface area contributed by atoms with Crippen LogP contribution < -0.4 is 5.32 Å². The van der Waals surface area contributed by atoms with Crippen molar-refractivity contribution in [1.82, 2.24) is 10.2 Å². The number of amides is 1. The maximum Gasteiger partial charge on any atom is 0.240 e. The molecule has 2 rings (SSSR count). The molecule has 1 aromatic heterocycles. The van der Waals surface area contributed by atoms with Crippen LogP contribution in [0.5, 0.6) is 0 Å². The van der Waals surface area contributed by atoms with Gasteiger partial charge >= 0.3 is 0 Å². The summed E-state index contributed by atoms with van der Waals surface area (Å²) in [5.41, 5.74) is -0.453. The van der Waals surface area contributed by atoms with Crippen LogP contribution in [0.1, 0.15) is 19.6 Å². The number of carbonyl (C=O) groups excluding carboxylic acids is 1. The first-order chi connectivity index (χ1) is 7.10. The van der Waals surface area contributed by atoms with Gasteiger partial charge in [0.25, 0.3) is 0 Å². The molecule has 0 atom stereocenters. The Bertz CT molecular complexity index is 343. The quantitative estimate of drug-likeness (QED) is 0.788. The molecule has 0 saturated carbocycles. The molecule has 1 saturated heterocycles. The monoisotopic (exact) mass is 208 g/mol. The van der Waals surface area contributed by atoms with E-state index in [0.717, 1.165) is 12.3 Å². The molecule has 15 heavy (non-hydrogen) atoms. The van der Waals surface area contributed by atoms with Crippen LogP contribution in [0.15, 0.2) is 22.8 Å². The van der Waals surface area contributed by atoms with Gasteiger partial charge in [-0.15, -0.1) is 0 Å². The lowest BCUT2D eigenvalue weighted by Crippen LogP contribution is -2.61. The SMILES string of the molecule is CC1(C)C(=O)NCCN1Cc1ccco1. The Kier molecular flexibility index (Phi) is 2.52. The van der Waals surface area contributed by atoms with Gasteiger partial charge in [0.15, 0.2) is 0 Å². The van der Waals surface area contributed by atoms with Crippen LogP contribution in [0.3, 0.4) is 0 Å². The molecular formula is C11H16N2O2. The Morgan fingerprint density at radius 3 is 3.07 bits per heavy atom. The van der Waals surface area contributed by atoms with E-state index >= 15 is 0 Å². The molecule has 1 fully saturated rings. The van der Waals surface area contributed by atoms with Crippen molar-refractivity contribution in [3.05, 3.63) is 24.2 Å². The molecule has 2 heterocycles. The number of nitrogens with one attached hydrogen (secondary N) is 1. The van der Waals surface area contributed by atoms with E-state index in [-0.39, 0.29) is 5.91 Å². The number of rotatable bonds is 2. The minimum Gasteiger partial charge on any atom is -0.468 e. The summed E-state index contributed by atoms with van der Waals surface area (Å²) in [6.07, 6.45) is 1.66. The fourth-order valence-corrected chi connectivity index (χ4v) is 1.81. The normalized spacial score (nSPS) is 21.3. The van der Waals surface area contributed by atoms with Crippen LogP contribution in [-0.4, -0.2) is 29.4 Å². The third-order valence-electron chi connectivity index (χ3n) is 2.94. The summed E-state index contributed by atoms with van der Waals surface area (Å²) < 4.78 is 5.29. The molecule has 1 aliphatic heterocycles. The molecule has 1 aliphatic rings. The van der Waals surface area contributed by atoms with Crippen molar-refractivity contribution in [3.8, 4) is 0 Å². The van der Waals surface area contributed by atoms with Gasteiger partial charge in [0, 0.05) is 13.1 Å². The van der Waals surface area contributed by atoms with E-state index in [9.17, 15) is 4.79 Å². The maximum absolute atomic E-state index is 11.7. The molecule has 0 aliphatic carbocycles. The summed E-state index contributed by atoms with van der Waals surface area (Å²) in [6, 6.07) is 3.80. The van der Waals surface area contributed by atoms with E-state index in [2.05, 4.69) is 10.2 Å². The van der Waals surface area contributed by atoms with E-state index in [0.29, 0.717) is 13.1 Å². The second-order valence-electron chi connectivity index (χ2n) is 4.32. The van der Waals surface area contributed by atoms with Crippen LogP contribution >= 0.6 is 0 Å². The third kappa shape index (κ3) is 1.90. The summed E-state index contributed by atoms with van der Waals surface area (Å²) in [5.74, 6) is 0.984. The van der Waals surface area contributed by atoms with Crippen molar-refractivity contribution in [3.63, 3.8) is 0 Å². The Hall–Kier alpha value is -1.29. The molecule has 0 radical (unpaired) electrons. The lowest BCUT2D eigenvalue weighted by molar-refractivity contribution is -0.135. The van der Waals surface area contributed by atoms with Crippen LogP contribution in [0.4, 0.5) is 0 Å². The fraction of sp³-hybridized carbons (Fsp3) is 0.545. The maximum atomic E-state index is 11.7. The van der Waals surface area contributed by atoms with Gasteiger partial charge in [0.2, 0.25) is 5.91 Å². The number of hydrogen-bond donors (Lipinski definition) is 1. The van der Waals surface area contributed by atoms with Gasteiger partial charge in [-0.05, 0) is 26.0 Å². The largest absolute Gasteiger partial charge is 0.468 e. The average Bonchev–Trinajstić information content (AvgIpc) is 2.66. The lowest BCUT2D eigenvalue weighted by Gasteiger charge is -2.40. The predicted molar refractivity (Wildman–Crippen MR) is 56.2 cm³/mol. The van der Waals surface area contributed by atoms with E-state index in [1.165, 1.54) is 0 Å². The standard InChI is InChI=1S/C11H16N2O2/c1-11(2)10(14)12-5-6-13(11)8-9-4-3-7-15-9/h3-4,7H,5-6,8H2,1-2H3,(H,12,14). The molecule has 0 bridgehead atoms. The van der Waals surface area contributed by atoms with Gasteiger partial charge in [-0.3, -0.25) is 9.69 Å². The number of carbonyl (C=O) groups is 1. The minimum absolute atomic E-state index is 0.0836. The van der Waals surface area contributed by atoms with Crippen LogP contribution in [0, 0.1) is 0 Å². The molecule has 0 spiro atoms. The van der Waals surface area contributed by atoms with Crippen LogP contribution in [0.25, 0.3) is 0 Å². The molecule has 0 aromatic carbocycles. The van der Waals surface area contributed by atoms with E-state index in [1.807, 2.05) is 26.0 Å². The highest BCUT2D eigenvalue weighted by molar-refractivity contribution is 5.86. The van der Waals surface area contributed by atoms with Gasteiger partial charge in [-0.1, -0.05) is 0 Å². The fourth-order valence-electron chi connectivity index (χ4n) is 1.81. The van der Waals surface area contributed by atoms with E-state index < -0.39 is 5.54 Å². The topological polar surface area (TPSA) is 45.5 Å². The van der Waals surface area contributed by atoms with Crippen LogP contribution in [-0.2, 0) is 11.3 Å². The van der Waals surface area contributed by atoms with Crippen molar-refractivity contribution >= 4 is 5.91 Å². The summed E-state index contributed by atoms with van der Waals surface area (Å²) in [5, 5.41) is 2.87. The molecule has 4 nitrogen and oxygen atoms in total. The van der Waals surface area contributed by atoms with E-state index in [1.54, 1.807) is 6.26 Å². The summed E-state index contributed by atoms with van der Waals surface area (Å²) in [7, 11) is 0. The zero-order valence-corrected chi connectivity index (χ0v) is 9.12. The zero-order valence-electron chi connectivity index (χ0n) is 9.12. The molecule has 1 aromatic rings. The number of nitrogens with zero attached hydrogens (tertiary/aromatic N) is 1. The van der Waals surface area contributed by atoms with E-state index in [4.69, 9.17) is 4.42 Å². The Morgan fingerprint density at radius 2 is 2.40 bits per heavy atom. The molecule has 1 N–H and O–H groups in total. The van der Waals surface area contributed by atoms with Gasteiger partial charge in [0.1, 0.15) is 5.76 Å². The van der Waals surface area contributed by atoms with Gasteiger partial charge in [-0.2, -0.15) is 0 Å². The second kappa shape index (κ2) is 3.70. The van der Waals surface area contributed by atoms with Crippen molar-refractivity contribution in [2.24, 2.45) is 0 Å². The van der Waals surface area contributed by atoms with Crippen molar-refractivity contribution in [2.75, 3.05) is 13.1 Å². The molecule has 82 valence electrons. The number of piperazine rings is 1. The first-order valence-electron chi connectivity index (χ1n) is 5.16. The Labute approximate surface area is 89.2 Å². The van der Waals surface area contributed by atoms with Crippen molar-refractivity contribution in [1.29, 1.82) is 0 Å². The lowest BCUT2D eigenvalue weighted by atomic mass is 9.99. The predicted octanol–water partition coefficient (Wildman–Crippen LogP) is 0.990. The first kappa shape index (κ1) is 10.2. The van der Waals surface area contributed by atoms with Gasteiger partial charge in [0.05, 0.1) is 18.3 Å². The Balaban J connectivity index is 2.11. The van der Waals surface area contributed by atoms with Crippen molar-refractivity contribution in [2.45, 2.75) is 25.9 Å². The van der Waals surface area contributed by atoms with Crippen LogP contribution in [0.2, 0.25) is 0 Å². The zero-order chi connectivity index (χ0) is 10.9. The van der Waals surface area contributed by atoms with Gasteiger partial charge in [-0.25, -0.2) is 0 Å². The summed E-state index contributed by atoms with van der Waals surface area (Å²) >= 11 is 0. The molecule has 4 heteroatoms. The smallest absolute Gasteiger partial charge is 0.240 e. The number of hydrogen-bond acceptors (Lipinski definition) is 3. The van der Waals surface area contributed by atoms with Crippen molar-refractivity contribution < 1.29 is 9.21 Å². The minimum atomic E-state index is -0.453.